The highest BCUT2D eigenvalue weighted by atomic mass is 16.6. The monoisotopic (exact) mass is 152 g/mol. The van der Waals surface area contributed by atoms with E-state index in [-0.39, 0.29) is 18.0 Å². The van der Waals surface area contributed by atoms with Crippen molar-refractivity contribution in [3.63, 3.8) is 0 Å². The van der Waals surface area contributed by atoms with E-state index < -0.39 is 5.92 Å². The molecule has 0 N–H and O–H groups in total. The molecule has 0 aromatic heterocycles. The van der Waals surface area contributed by atoms with E-state index in [9.17, 15) is 9.59 Å². The first kappa shape index (κ1) is 6.58. The van der Waals surface area contributed by atoms with Crippen molar-refractivity contribution in [3.05, 3.63) is 12.2 Å². The molecule has 0 spiro atoms. The molecule has 3 atom stereocenters. The molecular weight excluding hydrogens is 144 g/mol. The molecule has 0 aromatic rings. The number of hydrogen-bond donors (Lipinski definition) is 0. The van der Waals surface area contributed by atoms with Crippen molar-refractivity contribution >= 4 is 12.3 Å². The van der Waals surface area contributed by atoms with Crippen LogP contribution in [0.3, 0.4) is 0 Å². The van der Waals surface area contributed by atoms with Crippen molar-refractivity contribution in [2.45, 2.75) is 12.5 Å². The summed E-state index contributed by atoms with van der Waals surface area (Å²) in [5.41, 5.74) is 0. The number of rotatable bonds is 1. The predicted octanol–water partition coefficient (Wildman–Crippen LogP) is 0.303. The highest BCUT2D eigenvalue weighted by Gasteiger charge is 2.44. The summed E-state index contributed by atoms with van der Waals surface area (Å²) in [6.45, 7) is 0. The lowest BCUT2D eigenvalue weighted by Crippen LogP contribution is -2.16. The van der Waals surface area contributed by atoms with Gasteiger partial charge in [-0.2, -0.15) is 0 Å². The zero-order valence-corrected chi connectivity index (χ0v) is 5.90. The molecule has 1 aliphatic heterocycles. The molecule has 1 saturated heterocycles. The van der Waals surface area contributed by atoms with Crippen LogP contribution >= 0.6 is 0 Å². The number of hydrogen-bond acceptors (Lipinski definition) is 3. The average Bonchev–Trinajstić information content (AvgIpc) is 2.46. The maximum absolute atomic E-state index is 10.9. The molecular formula is C8H8O3. The van der Waals surface area contributed by atoms with E-state index in [1.807, 2.05) is 12.2 Å². The van der Waals surface area contributed by atoms with Crippen molar-refractivity contribution in [2.24, 2.45) is 11.8 Å². The van der Waals surface area contributed by atoms with Crippen molar-refractivity contribution in [1.82, 2.24) is 0 Å². The van der Waals surface area contributed by atoms with Gasteiger partial charge in [-0.05, 0) is 0 Å². The second-order valence-corrected chi connectivity index (χ2v) is 2.88. The summed E-state index contributed by atoms with van der Waals surface area (Å²) in [6, 6.07) is 0. The fraction of sp³-hybridized carbons (Fsp3) is 0.500. The van der Waals surface area contributed by atoms with Gasteiger partial charge in [0, 0.05) is 12.3 Å². The molecule has 0 unspecified atom stereocenters. The molecule has 0 amide bonds. The summed E-state index contributed by atoms with van der Waals surface area (Å²) in [4.78, 5) is 21.4. The zero-order valence-electron chi connectivity index (χ0n) is 5.90. The Morgan fingerprint density at radius 2 is 2.45 bits per heavy atom. The van der Waals surface area contributed by atoms with Gasteiger partial charge in [0.25, 0.3) is 0 Å². The third-order valence-corrected chi connectivity index (χ3v) is 2.26. The minimum Gasteiger partial charge on any atom is -0.461 e. The largest absolute Gasteiger partial charge is 0.461 e. The Balaban J connectivity index is 2.25. The minimum absolute atomic E-state index is 0.0139. The molecule has 0 bridgehead atoms. The Hall–Kier alpha value is -1.12. The smallest absolute Gasteiger partial charge is 0.317 e. The summed E-state index contributed by atoms with van der Waals surface area (Å²) < 4.78 is 4.96. The molecule has 1 heterocycles. The van der Waals surface area contributed by atoms with Gasteiger partial charge in [-0.3, -0.25) is 4.79 Å². The molecule has 1 fully saturated rings. The van der Waals surface area contributed by atoms with Crippen LogP contribution < -0.4 is 0 Å². The van der Waals surface area contributed by atoms with Gasteiger partial charge in [0.05, 0.1) is 0 Å². The Bertz CT molecular complexity index is 231. The van der Waals surface area contributed by atoms with Crippen LogP contribution in [-0.2, 0) is 14.3 Å². The Kier molecular flexibility index (Phi) is 1.31. The molecule has 1 aliphatic carbocycles. The third kappa shape index (κ3) is 0.803. The van der Waals surface area contributed by atoms with Gasteiger partial charge in [-0.15, -0.1) is 0 Å². The molecule has 2 aliphatic rings. The van der Waals surface area contributed by atoms with Crippen LogP contribution in [0, 0.1) is 11.8 Å². The van der Waals surface area contributed by atoms with Gasteiger partial charge in [0.1, 0.15) is 18.3 Å². The first-order valence-corrected chi connectivity index (χ1v) is 3.65. The van der Waals surface area contributed by atoms with Crippen LogP contribution in [0.2, 0.25) is 0 Å². The van der Waals surface area contributed by atoms with Crippen molar-refractivity contribution < 1.29 is 14.3 Å². The van der Waals surface area contributed by atoms with E-state index in [0.29, 0.717) is 6.29 Å². The van der Waals surface area contributed by atoms with Gasteiger partial charge in [0.15, 0.2) is 0 Å². The topological polar surface area (TPSA) is 43.4 Å². The minimum atomic E-state index is -0.543. The first-order valence-electron chi connectivity index (χ1n) is 3.65. The number of aldehydes is 1. The molecule has 0 aromatic carbocycles. The summed E-state index contributed by atoms with van der Waals surface area (Å²) in [7, 11) is 0. The SMILES string of the molecule is O=C[C@@H]1C(=O)O[C@@H]2CC=C[C@@H]12. The zero-order chi connectivity index (χ0) is 7.84. The average molecular weight is 152 g/mol. The number of esters is 1. The number of ether oxygens (including phenoxy) is 1. The van der Waals surface area contributed by atoms with Crippen LogP contribution in [0.15, 0.2) is 12.2 Å². The number of carbonyl (C=O) groups is 2. The summed E-state index contributed by atoms with van der Waals surface area (Å²) in [6.07, 6.45) is 5.24. The van der Waals surface area contributed by atoms with Crippen LogP contribution in [-0.4, -0.2) is 18.4 Å². The maximum Gasteiger partial charge on any atom is 0.317 e. The van der Waals surface area contributed by atoms with E-state index in [0.717, 1.165) is 6.42 Å². The molecule has 3 nitrogen and oxygen atoms in total. The normalized spacial score (nSPS) is 40.4. The molecule has 0 radical (unpaired) electrons. The van der Waals surface area contributed by atoms with Gasteiger partial charge in [-0.1, -0.05) is 12.2 Å². The van der Waals surface area contributed by atoms with E-state index in [1.54, 1.807) is 0 Å². The summed E-state index contributed by atoms with van der Waals surface area (Å²) >= 11 is 0. The van der Waals surface area contributed by atoms with E-state index >= 15 is 0 Å². The van der Waals surface area contributed by atoms with E-state index in [1.165, 1.54) is 0 Å². The second-order valence-electron chi connectivity index (χ2n) is 2.88. The fourth-order valence-corrected chi connectivity index (χ4v) is 1.66. The van der Waals surface area contributed by atoms with Gasteiger partial charge < -0.3 is 9.53 Å². The fourth-order valence-electron chi connectivity index (χ4n) is 1.66. The Morgan fingerprint density at radius 3 is 3.18 bits per heavy atom. The first-order chi connectivity index (χ1) is 5.33. The molecule has 58 valence electrons. The lowest BCUT2D eigenvalue weighted by Gasteiger charge is -2.05. The summed E-state index contributed by atoms with van der Waals surface area (Å²) in [5, 5.41) is 0. The Labute approximate surface area is 64.0 Å². The van der Waals surface area contributed by atoms with Crippen molar-refractivity contribution in [3.8, 4) is 0 Å². The number of fused-ring (bicyclic) bond motifs is 1. The lowest BCUT2D eigenvalue weighted by atomic mass is 9.95. The van der Waals surface area contributed by atoms with E-state index in [4.69, 9.17) is 4.74 Å². The highest BCUT2D eigenvalue weighted by molar-refractivity contribution is 5.90. The quantitative estimate of drug-likeness (QED) is 0.235. The molecule has 3 heteroatoms. The molecule has 11 heavy (non-hydrogen) atoms. The molecule has 0 saturated carbocycles. The van der Waals surface area contributed by atoms with Crippen LogP contribution in [0.4, 0.5) is 0 Å². The standard InChI is InChI=1S/C8H8O3/c9-4-6-5-2-1-3-7(5)11-8(6)10/h1-2,4-7H,3H2/t5-,6-,7+/m0/s1. The molecule has 2 rings (SSSR count). The third-order valence-electron chi connectivity index (χ3n) is 2.26. The van der Waals surface area contributed by atoms with Crippen LogP contribution in [0.5, 0.6) is 0 Å². The van der Waals surface area contributed by atoms with Crippen molar-refractivity contribution in [2.75, 3.05) is 0 Å². The van der Waals surface area contributed by atoms with E-state index in [2.05, 4.69) is 0 Å². The summed E-state index contributed by atoms with van der Waals surface area (Å²) in [5.74, 6) is -0.891. The lowest BCUT2D eigenvalue weighted by molar-refractivity contribution is -0.145. The predicted molar refractivity (Wildman–Crippen MR) is 36.7 cm³/mol. The maximum atomic E-state index is 10.9. The Morgan fingerprint density at radius 1 is 1.64 bits per heavy atom. The van der Waals surface area contributed by atoms with Gasteiger partial charge >= 0.3 is 5.97 Å². The van der Waals surface area contributed by atoms with Crippen LogP contribution in [0.1, 0.15) is 6.42 Å². The highest BCUT2D eigenvalue weighted by Crippen LogP contribution is 2.34. The van der Waals surface area contributed by atoms with Gasteiger partial charge in [0.2, 0.25) is 0 Å². The van der Waals surface area contributed by atoms with Crippen molar-refractivity contribution in [1.29, 1.82) is 0 Å². The second kappa shape index (κ2) is 2.19. The number of carbonyl (C=O) groups excluding carboxylic acids is 2. The van der Waals surface area contributed by atoms with Crippen LogP contribution in [0.25, 0.3) is 0 Å². The van der Waals surface area contributed by atoms with Gasteiger partial charge in [-0.25, -0.2) is 0 Å².